The monoisotopic (exact) mass is 439 g/mol. The number of fused-ring (bicyclic) bond motifs is 1. The summed E-state index contributed by atoms with van der Waals surface area (Å²) in [4.78, 5) is 24.2. The first-order chi connectivity index (χ1) is 14.8. The number of aryl methyl sites for hydroxylation is 1. The van der Waals surface area contributed by atoms with Crippen molar-refractivity contribution < 1.29 is 19.1 Å². The number of nitrogens with zero attached hydrogens (tertiary/aromatic N) is 1. The van der Waals surface area contributed by atoms with E-state index in [1.165, 1.54) is 6.92 Å². The second kappa shape index (κ2) is 8.35. The molecule has 0 radical (unpaired) electrons. The Hall–Kier alpha value is -3.45. The molecule has 2 aromatic carbocycles. The van der Waals surface area contributed by atoms with Crippen molar-refractivity contribution in [2.24, 2.45) is 0 Å². The minimum Gasteiger partial charge on any atom is -0.486 e. The van der Waals surface area contributed by atoms with Gasteiger partial charge in [0.15, 0.2) is 11.5 Å². The molecule has 7 nitrogen and oxygen atoms in total. The fourth-order valence-electron chi connectivity index (χ4n) is 3.64. The lowest BCUT2D eigenvalue weighted by molar-refractivity contribution is -0.114. The molecule has 0 fully saturated rings. The molecule has 0 saturated carbocycles. The van der Waals surface area contributed by atoms with Gasteiger partial charge in [-0.3, -0.25) is 9.59 Å². The number of benzene rings is 2. The number of hydrogen-bond acceptors (Lipinski definition) is 4. The van der Waals surface area contributed by atoms with Crippen molar-refractivity contribution in [2.45, 2.75) is 20.8 Å². The van der Waals surface area contributed by atoms with E-state index < -0.39 is 0 Å². The SMILES string of the molecule is CC(=O)Nc1ccc(NC(=O)c2cc(C)n(-c3ccc4c(c3)OCCO4)c2C)cc1Cl. The number of anilines is 2. The van der Waals surface area contributed by atoms with Crippen molar-refractivity contribution in [2.75, 3.05) is 23.8 Å². The average Bonchev–Trinajstić information content (AvgIpc) is 3.03. The highest BCUT2D eigenvalue weighted by Gasteiger charge is 2.19. The first-order valence-corrected chi connectivity index (χ1v) is 10.2. The molecule has 4 rings (SSSR count). The summed E-state index contributed by atoms with van der Waals surface area (Å²) in [7, 11) is 0. The normalized spacial score (nSPS) is 12.4. The van der Waals surface area contributed by atoms with Crippen molar-refractivity contribution >= 4 is 34.8 Å². The zero-order valence-electron chi connectivity index (χ0n) is 17.4. The highest BCUT2D eigenvalue weighted by atomic mass is 35.5. The van der Waals surface area contributed by atoms with Gasteiger partial charge in [-0.2, -0.15) is 0 Å². The van der Waals surface area contributed by atoms with Crippen LogP contribution in [0.4, 0.5) is 11.4 Å². The number of halogens is 1. The van der Waals surface area contributed by atoms with Gasteiger partial charge < -0.3 is 24.7 Å². The molecule has 31 heavy (non-hydrogen) atoms. The summed E-state index contributed by atoms with van der Waals surface area (Å²) < 4.78 is 13.3. The van der Waals surface area contributed by atoms with Gasteiger partial charge in [-0.05, 0) is 50.2 Å². The number of ether oxygens (including phenoxy) is 2. The Bertz CT molecular complexity index is 1190. The van der Waals surface area contributed by atoms with E-state index in [0.29, 0.717) is 40.9 Å². The third-order valence-corrected chi connectivity index (χ3v) is 5.31. The summed E-state index contributed by atoms with van der Waals surface area (Å²) in [5, 5.41) is 5.85. The van der Waals surface area contributed by atoms with E-state index in [1.807, 2.05) is 42.7 Å². The van der Waals surface area contributed by atoms with Crippen LogP contribution in [0, 0.1) is 13.8 Å². The molecule has 1 aromatic heterocycles. The van der Waals surface area contributed by atoms with Crippen molar-refractivity contribution in [1.82, 2.24) is 4.57 Å². The molecule has 0 atom stereocenters. The zero-order valence-corrected chi connectivity index (χ0v) is 18.2. The molecular weight excluding hydrogens is 418 g/mol. The Morgan fingerprint density at radius 3 is 2.42 bits per heavy atom. The lowest BCUT2D eigenvalue weighted by atomic mass is 10.2. The molecule has 8 heteroatoms. The van der Waals surface area contributed by atoms with Gasteiger partial charge in [-0.25, -0.2) is 0 Å². The average molecular weight is 440 g/mol. The number of hydrogen-bond donors (Lipinski definition) is 2. The molecular formula is C23H22ClN3O4. The lowest BCUT2D eigenvalue weighted by Crippen LogP contribution is -2.16. The predicted molar refractivity (Wildman–Crippen MR) is 120 cm³/mol. The van der Waals surface area contributed by atoms with Crippen LogP contribution in [0.15, 0.2) is 42.5 Å². The van der Waals surface area contributed by atoms with Crippen LogP contribution in [-0.2, 0) is 4.79 Å². The number of carbonyl (C=O) groups excluding carboxylic acids is 2. The fraction of sp³-hybridized carbons (Fsp3) is 0.217. The predicted octanol–water partition coefficient (Wildman–Crippen LogP) is 4.73. The maximum Gasteiger partial charge on any atom is 0.257 e. The van der Waals surface area contributed by atoms with Crippen LogP contribution in [0.25, 0.3) is 5.69 Å². The molecule has 160 valence electrons. The van der Waals surface area contributed by atoms with Crippen LogP contribution in [0.3, 0.4) is 0 Å². The smallest absolute Gasteiger partial charge is 0.257 e. The van der Waals surface area contributed by atoms with Gasteiger partial charge in [-0.1, -0.05) is 11.6 Å². The van der Waals surface area contributed by atoms with Crippen LogP contribution < -0.4 is 20.1 Å². The Balaban J connectivity index is 1.59. The number of rotatable bonds is 4. The second-order valence-electron chi connectivity index (χ2n) is 7.28. The van der Waals surface area contributed by atoms with Crippen LogP contribution in [0.5, 0.6) is 11.5 Å². The van der Waals surface area contributed by atoms with E-state index in [2.05, 4.69) is 10.6 Å². The van der Waals surface area contributed by atoms with Crippen molar-refractivity contribution in [3.63, 3.8) is 0 Å². The Labute approximate surface area is 184 Å². The lowest BCUT2D eigenvalue weighted by Gasteiger charge is -2.20. The molecule has 2 heterocycles. The molecule has 2 amide bonds. The topological polar surface area (TPSA) is 81.6 Å². The van der Waals surface area contributed by atoms with Gasteiger partial charge >= 0.3 is 0 Å². The zero-order chi connectivity index (χ0) is 22.1. The molecule has 0 saturated heterocycles. The number of nitrogens with one attached hydrogen (secondary N) is 2. The van der Waals surface area contributed by atoms with E-state index in [4.69, 9.17) is 21.1 Å². The standard InChI is InChI=1S/C23H22ClN3O4/c1-13-10-18(23(29)26-16-4-6-20(19(24)11-16)25-15(3)28)14(2)27(13)17-5-7-21-22(12-17)31-9-8-30-21/h4-7,10-12H,8-9H2,1-3H3,(H,25,28)(H,26,29). The van der Waals surface area contributed by atoms with Gasteiger partial charge in [-0.15, -0.1) is 0 Å². The highest BCUT2D eigenvalue weighted by molar-refractivity contribution is 6.34. The quantitative estimate of drug-likeness (QED) is 0.615. The van der Waals surface area contributed by atoms with E-state index in [9.17, 15) is 9.59 Å². The fourth-order valence-corrected chi connectivity index (χ4v) is 3.87. The first-order valence-electron chi connectivity index (χ1n) is 9.81. The molecule has 2 N–H and O–H groups in total. The Kier molecular flexibility index (Phi) is 5.61. The van der Waals surface area contributed by atoms with E-state index in [-0.39, 0.29) is 11.8 Å². The second-order valence-corrected chi connectivity index (χ2v) is 7.69. The van der Waals surface area contributed by atoms with E-state index in [0.717, 1.165) is 22.8 Å². The molecule has 3 aromatic rings. The molecule has 0 bridgehead atoms. The van der Waals surface area contributed by atoms with Gasteiger partial charge in [0.2, 0.25) is 5.91 Å². The first kappa shape index (κ1) is 20.8. The van der Waals surface area contributed by atoms with Crippen molar-refractivity contribution in [3.05, 3.63) is 64.4 Å². The van der Waals surface area contributed by atoms with Gasteiger partial charge in [0.05, 0.1) is 16.3 Å². The number of carbonyl (C=O) groups is 2. The van der Waals surface area contributed by atoms with E-state index >= 15 is 0 Å². The minimum atomic E-state index is -0.250. The maximum absolute atomic E-state index is 13.0. The summed E-state index contributed by atoms with van der Waals surface area (Å²) in [6.07, 6.45) is 0. The van der Waals surface area contributed by atoms with Gasteiger partial charge in [0.1, 0.15) is 13.2 Å². The largest absolute Gasteiger partial charge is 0.486 e. The highest BCUT2D eigenvalue weighted by Crippen LogP contribution is 2.33. The minimum absolute atomic E-state index is 0.217. The third-order valence-electron chi connectivity index (χ3n) is 5.00. The summed E-state index contributed by atoms with van der Waals surface area (Å²) in [6.45, 7) is 6.29. The maximum atomic E-state index is 13.0. The number of amides is 2. The molecule has 1 aliphatic heterocycles. The molecule has 0 spiro atoms. The summed E-state index contributed by atoms with van der Waals surface area (Å²) >= 11 is 6.21. The Morgan fingerprint density at radius 2 is 1.71 bits per heavy atom. The summed E-state index contributed by atoms with van der Waals surface area (Å²) in [5.74, 6) is 0.941. The molecule has 0 aliphatic carbocycles. The van der Waals surface area contributed by atoms with Gasteiger partial charge in [0, 0.05) is 35.8 Å². The van der Waals surface area contributed by atoms with Crippen LogP contribution in [0.1, 0.15) is 28.7 Å². The molecule has 0 unspecified atom stereocenters. The number of aromatic nitrogens is 1. The van der Waals surface area contributed by atoms with Crippen molar-refractivity contribution in [3.8, 4) is 17.2 Å². The van der Waals surface area contributed by atoms with Crippen molar-refractivity contribution in [1.29, 1.82) is 0 Å². The summed E-state index contributed by atoms with van der Waals surface area (Å²) in [5.41, 5.74) is 4.18. The molecule has 1 aliphatic rings. The third kappa shape index (κ3) is 4.22. The Morgan fingerprint density at radius 1 is 0.968 bits per heavy atom. The summed E-state index contributed by atoms with van der Waals surface area (Å²) in [6, 6.07) is 12.5. The van der Waals surface area contributed by atoms with Crippen LogP contribution >= 0.6 is 11.6 Å². The van der Waals surface area contributed by atoms with E-state index in [1.54, 1.807) is 18.2 Å². The van der Waals surface area contributed by atoms with Gasteiger partial charge in [0.25, 0.3) is 5.91 Å². The van der Waals surface area contributed by atoms with Crippen LogP contribution in [0.2, 0.25) is 5.02 Å². The van der Waals surface area contributed by atoms with Crippen LogP contribution in [-0.4, -0.2) is 29.6 Å².